The largest absolute Gasteiger partial charge is 0.459 e. The molecule has 0 heterocycles. The smallest absolute Gasteiger partial charge is 0.407 e. The summed E-state index contributed by atoms with van der Waals surface area (Å²) in [5.74, 6) is 0.172. The van der Waals surface area contributed by atoms with E-state index in [1.54, 1.807) is 0 Å². The fourth-order valence-electron chi connectivity index (χ4n) is 0.656. The molecule has 86 valence electrons. The fourth-order valence-corrected chi connectivity index (χ4v) is 0.814. The number of hydrogen-bond acceptors (Lipinski definition) is 5. The monoisotopic (exact) mass is 233 g/mol. The molecule has 5 nitrogen and oxygen atoms in total. The van der Waals surface area contributed by atoms with Crippen LogP contribution in [-0.2, 0) is 14.3 Å². The molecule has 0 bridgehead atoms. The summed E-state index contributed by atoms with van der Waals surface area (Å²) in [5, 5.41) is 2.52. The van der Waals surface area contributed by atoms with Crippen molar-refractivity contribution < 1.29 is 19.1 Å². The van der Waals surface area contributed by atoms with Gasteiger partial charge in [-0.05, 0) is 12.2 Å². The van der Waals surface area contributed by atoms with Gasteiger partial charge in [0.1, 0.15) is 13.2 Å². The Morgan fingerprint density at radius 1 is 1.33 bits per heavy atom. The molecule has 0 saturated heterocycles. The number of carbonyl (C=O) groups is 2. The molecule has 0 atom stereocenters. The molecule has 0 saturated carbocycles. The molecule has 0 aliphatic carbocycles. The van der Waals surface area contributed by atoms with Gasteiger partial charge in [0.25, 0.3) is 0 Å². The molecular weight excluding hydrogens is 218 g/mol. The minimum atomic E-state index is -0.533. The zero-order valence-corrected chi connectivity index (χ0v) is 9.29. The Kier molecular flexibility index (Phi) is 8.66. The number of thiol groups is 1. The van der Waals surface area contributed by atoms with E-state index >= 15 is 0 Å². The lowest BCUT2D eigenvalue weighted by molar-refractivity contribution is -0.138. The number of amides is 1. The third kappa shape index (κ3) is 9.14. The van der Waals surface area contributed by atoms with Crippen molar-refractivity contribution in [1.29, 1.82) is 0 Å². The third-order valence-electron chi connectivity index (χ3n) is 1.33. The highest BCUT2D eigenvalue weighted by atomic mass is 32.1. The highest BCUT2D eigenvalue weighted by Gasteiger charge is 2.01. The van der Waals surface area contributed by atoms with E-state index in [4.69, 9.17) is 4.74 Å². The van der Waals surface area contributed by atoms with E-state index in [2.05, 4.69) is 29.3 Å². The molecule has 0 aromatic rings. The molecule has 0 aromatic carbocycles. The van der Waals surface area contributed by atoms with Crippen LogP contribution in [0.1, 0.15) is 6.42 Å². The maximum absolute atomic E-state index is 10.9. The zero-order valence-electron chi connectivity index (χ0n) is 8.40. The molecule has 0 spiro atoms. The van der Waals surface area contributed by atoms with Crippen molar-refractivity contribution >= 4 is 24.7 Å². The van der Waals surface area contributed by atoms with E-state index in [0.29, 0.717) is 12.3 Å². The molecule has 1 N–H and O–H groups in total. The molecule has 0 aromatic heterocycles. The van der Waals surface area contributed by atoms with Gasteiger partial charge in [-0.3, -0.25) is 0 Å². The number of hydrogen-bond donors (Lipinski definition) is 2. The van der Waals surface area contributed by atoms with Crippen LogP contribution in [0, 0.1) is 0 Å². The van der Waals surface area contributed by atoms with Gasteiger partial charge < -0.3 is 14.8 Å². The number of alkyl carbamates (subject to hydrolysis) is 1. The van der Waals surface area contributed by atoms with Crippen LogP contribution in [0.25, 0.3) is 0 Å². The van der Waals surface area contributed by atoms with E-state index in [1.807, 2.05) is 0 Å². The molecule has 0 aliphatic heterocycles. The first-order valence-corrected chi connectivity index (χ1v) is 5.14. The predicted molar refractivity (Wildman–Crippen MR) is 59.0 cm³/mol. The van der Waals surface area contributed by atoms with Crippen LogP contribution in [0.3, 0.4) is 0 Å². The van der Waals surface area contributed by atoms with Gasteiger partial charge in [-0.25, -0.2) is 9.59 Å². The van der Waals surface area contributed by atoms with E-state index in [1.165, 1.54) is 0 Å². The van der Waals surface area contributed by atoms with Crippen molar-refractivity contribution in [2.45, 2.75) is 6.42 Å². The first kappa shape index (κ1) is 13.8. The van der Waals surface area contributed by atoms with Crippen molar-refractivity contribution in [2.75, 3.05) is 25.5 Å². The summed E-state index contributed by atoms with van der Waals surface area (Å²) in [6.45, 7) is 3.81. The van der Waals surface area contributed by atoms with Gasteiger partial charge in [-0.15, -0.1) is 0 Å². The first-order valence-electron chi connectivity index (χ1n) is 4.51. The molecule has 0 unspecified atom stereocenters. The Hall–Kier alpha value is -1.17. The third-order valence-corrected chi connectivity index (χ3v) is 1.65. The highest BCUT2D eigenvalue weighted by molar-refractivity contribution is 7.80. The van der Waals surface area contributed by atoms with E-state index in [9.17, 15) is 9.59 Å². The summed E-state index contributed by atoms with van der Waals surface area (Å²) in [6, 6.07) is 0. The highest BCUT2D eigenvalue weighted by Crippen LogP contribution is 1.84. The van der Waals surface area contributed by atoms with Crippen molar-refractivity contribution in [3.05, 3.63) is 12.7 Å². The maximum Gasteiger partial charge on any atom is 0.407 e. The van der Waals surface area contributed by atoms with Crippen LogP contribution in [-0.4, -0.2) is 37.6 Å². The number of esters is 1. The van der Waals surface area contributed by atoms with Crippen molar-refractivity contribution in [1.82, 2.24) is 5.32 Å². The van der Waals surface area contributed by atoms with Crippen LogP contribution in [0.5, 0.6) is 0 Å². The predicted octanol–water partition coefficient (Wildman–Crippen LogP) is 0.762. The second-order valence-electron chi connectivity index (χ2n) is 2.51. The Morgan fingerprint density at radius 3 is 2.60 bits per heavy atom. The van der Waals surface area contributed by atoms with Crippen LogP contribution in [0.4, 0.5) is 4.79 Å². The van der Waals surface area contributed by atoms with Gasteiger partial charge in [-0.1, -0.05) is 6.58 Å². The lowest BCUT2D eigenvalue weighted by Gasteiger charge is -2.06. The summed E-state index contributed by atoms with van der Waals surface area (Å²) in [6.07, 6.45) is 1.31. The Balaban J connectivity index is 3.31. The van der Waals surface area contributed by atoms with Gasteiger partial charge in [0, 0.05) is 12.6 Å². The molecular formula is C9H15NO4S. The van der Waals surface area contributed by atoms with E-state index in [-0.39, 0.29) is 13.2 Å². The Morgan fingerprint density at radius 2 is 2.00 bits per heavy atom. The molecule has 0 radical (unpaired) electrons. The number of carbonyl (C=O) groups excluding carboxylic acids is 2. The van der Waals surface area contributed by atoms with Crippen molar-refractivity contribution in [2.24, 2.45) is 0 Å². The van der Waals surface area contributed by atoms with Crippen molar-refractivity contribution in [3.63, 3.8) is 0 Å². The lowest BCUT2D eigenvalue weighted by atomic mass is 10.5. The zero-order chi connectivity index (χ0) is 11.5. The first-order chi connectivity index (χ1) is 7.20. The molecule has 0 fully saturated rings. The topological polar surface area (TPSA) is 64.6 Å². The summed E-state index contributed by atoms with van der Waals surface area (Å²) in [4.78, 5) is 21.5. The average Bonchev–Trinajstić information content (AvgIpc) is 2.24. The van der Waals surface area contributed by atoms with Crippen LogP contribution in [0.2, 0.25) is 0 Å². The number of rotatable bonds is 7. The fraction of sp³-hybridized carbons (Fsp3) is 0.556. The van der Waals surface area contributed by atoms with Gasteiger partial charge >= 0.3 is 12.1 Å². The normalized spacial score (nSPS) is 9.13. The summed E-state index contributed by atoms with van der Waals surface area (Å²) in [5.41, 5.74) is 0. The van der Waals surface area contributed by atoms with Crippen LogP contribution in [0.15, 0.2) is 12.7 Å². The summed E-state index contributed by atoms with van der Waals surface area (Å²) in [7, 11) is 0. The van der Waals surface area contributed by atoms with Gasteiger partial charge in [0.2, 0.25) is 0 Å². The molecule has 1 amide bonds. The van der Waals surface area contributed by atoms with Crippen molar-refractivity contribution in [3.8, 4) is 0 Å². The van der Waals surface area contributed by atoms with Crippen LogP contribution < -0.4 is 5.32 Å². The molecule has 15 heavy (non-hydrogen) atoms. The minimum absolute atomic E-state index is 0.0326. The van der Waals surface area contributed by atoms with Gasteiger partial charge in [-0.2, -0.15) is 12.6 Å². The maximum atomic E-state index is 10.9. The standard InChI is InChI=1S/C9H15NO4S/c1-2-8(11)13-5-6-14-9(12)10-4-3-7-15/h2,15H,1,3-7H2,(H,10,12). The molecule has 0 rings (SSSR count). The van der Waals surface area contributed by atoms with E-state index in [0.717, 1.165) is 12.5 Å². The SMILES string of the molecule is C=CC(=O)OCCOC(=O)NCCCS. The lowest BCUT2D eigenvalue weighted by Crippen LogP contribution is -2.27. The quantitative estimate of drug-likeness (QED) is 0.295. The molecule has 6 heteroatoms. The number of nitrogens with one attached hydrogen (secondary N) is 1. The minimum Gasteiger partial charge on any atom is -0.459 e. The van der Waals surface area contributed by atoms with Gasteiger partial charge in [0.15, 0.2) is 0 Å². The Labute approximate surface area is 94.2 Å². The average molecular weight is 233 g/mol. The summed E-state index contributed by atoms with van der Waals surface area (Å²) >= 11 is 3.98. The summed E-state index contributed by atoms with van der Waals surface area (Å²) < 4.78 is 9.29. The second kappa shape index (κ2) is 9.39. The van der Waals surface area contributed by atoms with Crippen LogP contribution >= 0.6 is 12.6 Å². The van der Waals surface area contributed by atoms with Gasteiger partial charge in [0.05, 0.1) is 0 Å². The molecule has 0 aliphatic rings. The Bertz CT molecular complexity index is 220. The number of ether oxygens (including phenoxy) is 2. The van der Waals surface area contributed by atoms with E-state index < -0.39 is 12.1 Å². The second-order valence-corrected chi connectivity index (χ2v) is 2.96.